The highest BCUT2D eigenvalue weighted by molar-refractivity contribution is 5.68. The molecule has 0 aromatic carbocycles. The zero-order valence-electron chi connectivity index (χ0n) is 10.9. The fourth-order valence-electron chi connectivity index (χ4n) is 1.83. The van der Waals surface area contributed by atoms with Crippen LogP contribution in [0.2, 0.25) is 0 Å². The Morgan fingerprint density at radius 2 is 2.05 bits per heavy atom. The molecule has 2 aromatic heterocycles. The molecule has 8 heteroatoms. The van der Waals surface area contributed by atoms with E-state index in [4.69, 9.17) is 5.73 Å². The lowest BCUT2D eigenvalue weighted by Gasteiger charge is -2.21. The number of pyridine rings is 1. The molecule has 2 heterocycles. The number of hydrogen-bond acceptors (Lipinski definition) is 7. The summed E-state index contributed by atoms with van der Waals surface area (Å²) in [5.74, 6) is 0.0926. The predicted molar refractivity (Wildman–Crippen MR) is 74.1 cm³/mol. The van der Waals surface area contributed by atoms with Gasteiger partial charge in [0.25, 0.3) is 0 Å². The molecule has 0 amide bonds. The number of nitrogens with two attached hydrogens (primary N) is 1. The Hall–Kier alpha value is -2.77. The molecule has 0 atom stereocenters. The lowest BCUT2D eigenvalue weighted by atomic mass is 10.2. The van der Waals surface area contributed by atoms with E-state index in [1.165, 1.54) is 6.33 Å². The molecule has 0 bridgehead atoms. The van der Waals surface area contributed by atoms with Gasteiger partial charge in [-0.1, -0.05) is 0 Å². The smallest absolute Gasteiger partial charge is 0.353 e. The Bertz CT molecular complexity index is 604. The quantitative estimate of drug-likeness (QED) is 0.647. The van der Waals surface area contributed by atoms with Crippen molar-refractivity contribution in [2.45, 2.75) is 13.5 Å². The van der Waals surface area contributed by atoms with Crippen molar-refractivity contribution in [1.82, 2.24) is 15.0 Å². The van der Waals surface area contributed by atoms with Crippen LogP contribution in [0, 0.1) is 10.1 Å². The molecule has 20 heavy (non-hydrogen) atoms. The minimum atomic E-state index is -0.556. The van der Waals surface area contributed by atoms with Gasteiger partial charge in [0.2, 0.25) is 11.6 Å². The van der Waals surface area contributed by atoms with Gasteiger partial charge in [0, 0.05) is 25.5 Å². The van der Waals surface area contributed by atoms with Crippen molar-refractivity contribution in [3.63, 3.8) is 0 Å². The molecule has 0 aliphatic heterocycles. The molecule has 2 aromatic rings. The molecule has 8 nitrogen and oxygen atoms in total. The van der Waals surface area contributed by atoms with Crippen LogP contribution in [-0.2, 0) is 6.54 Å². The van der Waals surface area contributed by atoms with Gasteiger partial charge in [-0.05, 0) is 24.6 Å². The molecule has 104 valence electrons. The number of anilines is 2. The number of nitrogens with zero attached hydrogens (tertiary/aromatic N) is 5. The van der Waals surface area contributed by atoms with Crippen LogP contribution in [0.1, 0.15) is 12.5 Å². The summed E-state index contributed by atoms with van der Waals surface area (Å²) < 4.78 is 0. The lowest BCUT2D eigenvalue weighted by Crippen LogP contribution is -2.24. The molecule has 0 aliphatic rings. The minimum Gasteiger partial charge on any atom is -0.378 e. The zero-order valence-corrected chi connectivity index (χ0v) is 10.9. The standard InChI is InChI=1S/C12H14N6O2/c1-2-17(7-9-3-5-14-6-4-9)12-10(18(19)20)11(13)15-8-16-12/h3-6,8H,2,7H2,1H3,(H2,13,15,16). The largest absolute Gasteiger partial charge is 0.378 e. The van der Waals surface area contributed by atoms with Crippen LogP contribution < -0.4 is 10.6 Å². The van der Waals surface area contributed by atoms with E-state index in [0.717, 1.165) is 5.56 Å². The molecule has 2 N–H and O–H groups in total. The molecule has 0 spiro atoms. The topological polar surface area (TPSA) is 111 Å². The molecule has 0 aliphatic carbocycles. The summed E-state index contributed by atoms with van der Waals surface area (Å²) in [5, 5.41) is 11.1. The Balaban J connectivity index is 2.37. The molecule has 0 unspecified atom stereocenters. The molecule has 0 saturated heterocycles. The number of nitrogen functional groups attached to an aromatic ring is 1. The maximum Gasteiger partial charge on any atom is 0.353 e. The predicted octanol–water partition coefficient (Wildman–Crippen LogP) is 1.39. The van der Waals surface area contributed by atoms with Crippen LogP contribution in [0.5, 0.6) is 0 Å². The van der Waals surface area contributed by atoms with Gasteiger partial charge in [0.15, 0.2) is 0 Å². The summed E-state index contributed by atoms with van der Waals surface area (Å²) in [6.45, 7) is 2.93. The van der Waals surface area contributed by atoms with Gasteiger partial charge < -0.3 is 10.6 Å². The third-order valence-corrected chi connectivity index (χ3v) is 2.82. The van der Waals surface area contributed by atoms with Crippen molar-refractivity contribution in [2.24, 2.45) is 0 Å². The van der Waals surface area contributed by atoms with Crippen LogP contribution in [0.15, 0.2) is 30.9 Å². The van der Waals surface area contributed by atoms with E-state index in [2.05, 4.69) is 15.0 Å². The highest BCUT2D eigenvalue weighted by Gasteiger charge is 2.24. The maximum absolute atomic E-state index is 11.1. The van der Waals surface area contributed by atoms with Crippen molar-refractivity contribution in [3.05, 3.63) is 46.5 Å². The molecular weight excluding hydrogens is 260 g/mol. The van der Waals surface area contributed by atoms with Crippen molar-refractivity contribution in [2.75, 3.05) is 17.2 Å². The highest BCUT2D eigenvalue weighted by Crippen LogP contribution is 2.30. The van der Waals surface area contributed by atoms with Gasteiger partial charge >= 0.3 is 5.69 Å². The number of rotatable bonds is 5. The van der Waals surface area contributed by atoms with E-state index in [1.54, 1.807) is 17.3 Å². The normalized spacial score (nSPS) is 10.2. The summed E-state index contributed by atoms with van der Waals surface area (Å²) in [6, 6.07) is 3.69. The number of aromatic nitrogens is 3. The Morgan fingerprint density at radius 3 is 2.65 bits per heavy atom. The second kappa shape index (κ2) is 5.91. The Labute approximate surface area is 115 Å². The van der Waals surface area contributed by atoms with Crippen LogP contribution in [0.3, 0.4) is 0 Å². The van der Waals surface area contributed by atoms with Crippen LogP contribution >= 0.6 is 0 Å². The second-order valence-electron chi connectivity index (χ2n) is 4.06. The number of hydrogen-bond donors (Lipinski definition) is 1. The first kappa shape index (κ1) is 13.7. The Morgan fingerprint density at radius 1 is 1.35 bits per heavy atom. The average Bonchev–Trinajstić information content (AvgIpc) is 2.45. The van der Waals surface area contributed by atoms with Gasteiger partial charge in [0.05, 0.1) is 4.92 Å². The van der Waals surface area contributed by atoms with Gasteiger partial charge in [-0.15, -0.1) is 0 Å². The van der Waals surface area contributed by atoms with Crippen molar-refractivity contribution in [1.29, 1.82) is 0 Å². The zero-order chi connectivity index (χ0) is 14.5. The SMILES string of the molecule is CCN(Cc1ccncc1)c1ncnc(N)c1[N+](=O)[O-]. The first-order chi connectivity index (χ1) is 9.63. The molecule has 0 fully saturated rings. The van der Waals surface area contributed by atoms with Gasteiger partial charge in [-0.3, -0.25) is 15.1 Å². The first-order valence-electron chi connectivity index (χ1n) is 6.02. The maximum atomic E-state index is 11.1. The van der Waals surface area contributed by atoms with Crippen LogP contribution in [0.4, 0.5) is 17.3 Å². The highest BCUT2D eigenvalue weighted by atomic mass is 16.6. The second-order valence-corrected chi connectivity index (χ2v) is 4.06. The fourth-order valence-corrected chi connectivity index (χ4v) is 1.83. The molecule has 0 radical (unpaired) electrons. The first-order valence-corrected chi connectivity index (χ1v) is 6.02. The van der Waals surface area contributed by atoms with Crippen molar-refractivity contribution in [3.8, 4) is 0 Å². The van der Waals surface area contributed by atoms with Gasteiger partial charge in [-0.2, -0.15) is 0 Å². The number of nitro groups is 1. The van der Waals surface area contributed by atoms with Gasteiger partial charge in [-0.25, -0.2) is 9.97 Å². The average molecular weight is 274 g/mol. The van der Waals surface area contributed by atoms with Crippen molar-refractivity contribution >= 4 is 17.3 Å². The lowest BCUT2D eigenvalue weighted by molar-refractivity contribution is -0.383. The molecule has 0 saturated carbocycles. The summed E-state index contributed by atoms with van der Waals surface area (Å²) in [4.78, 5) is 24.0. The van der Waals surface area contributed by atoms with Gasteiger partial charge in [0.1, 0.15) is 6.33 Å². The van der Waals surface area contributed by atoms with Crippen LogP contribution in [-0.4, -0.2) is 26.4 Å². The summed E-state index contributed by atoms with van der Waals surface area (Å²) in [5.41, 5.74) is 6.30. The molecule has 2 rings (SSSR count). The molecular formula is C12H14N6O2. The monoisotopic (exact) mass is 274 g/mol. The summed E-state index contributed by atoms with van der Waals surface area (Å²) in [6.07, 6.45) is 4.57. The summed E-state index contributed by atoms with van der Waals surface area (Å²) >= 11 is 0. The van der Waals surface area contributed by atoms with E-state index in [1.807, 2.05) is 19.1 Å². The fraction of sp³-hybridized carbons (Fsp3) is 0.250. The van der Waals surface area contributed by atoms with E-state index >= 15 is 0 Å². The minimum absolute atomic E-state index is 0.131. The third-order valence-electron chi connectivity index (χ3n) is 2.82. The summed E-state index contributed by atoms with van der Waals surface area (Å²) in [7, 11) is 0. The van der Waals surface area contributed by atoms with E-state index in [0.29, 0.717) is 13.1 Å². The third kappa shape index (κ3) is 2.79. The van der Waals surface area contributed by atoms with E-state index < -0.39 is 4.92 Å². The van der Waals surface area contributed by atoms with Crippen LogP contribution in [0.25, 0.3) is 0 Å². The van der Waals surface area contributed by atoms with Crippen molar-refractivity contribution < 1.29 is 4.92 Å². The van der Waals surface area contributed by atoms with E-state index in [-0.39, 0.29) is 17.3 Å². The van der Waals surface area contributed by atoms with E-state index in [9.17, 15) is 10.1 Å². The Kier molecular flexibility index (Phi) is 4.04.